The normalized spacial score (nSPS) is 12.1. The topological polar surface area (TPSA) is 58.6 Å². The summed E-state index contributed by atoms with van der Waals surface area (Å²) in [6, 6.07) is 22.1. The van der Waals surface area contributed by atoms with Gasteiger partial charge >= 0.3 is 0 Å². The van der Waals surface area contributed by atoms with Crippen LogP contribution in [0.4, 0.5) is 0 Å². The minimum Gasteiger partial charge on any atom is -0.483 e. The number of benzene rings is 3. The number of hydrogen-bond donors (Lipinski definition) is 1. The Bertz CT molecular complexity index is 1190. The molecular weight excluding hydrogens is 472 g/mol. The highest BCUT2D eigenvalue weighted by molar-refractivity contribution is 6.31. The summed E-state index contributed by atoms with van der Waals surface area (Å²) < 4.78 is 5.95. The van der Waals surface area contributed by atoms with Gasteiger partial charge in [0.25, 0.3) is 5.91 Å². The molecule has 2 amide bonds. The maximum absolute atomic E-state index is 13.7. The van der Waals surface area contributed by atoms with Crippen LogP contribution in [0.3, 0.4) is 0 Å². The molecule has 0 aliphatic carbocycles. The van der Waals surface area contributed by atoms with Gasteiger partial charge in [0, 0.05) is 23.5 Å². The number of carbonyl (C=O) groups is 2. The third kappa shape index (κ3) is 7.59. The first-order valence-electron chi connectivity index (χ1n) is 12.1. The van der Waals surface area contributed by atoms with E-state index in [1.54, 1.807) is 11.0 Å². The number of nitrogens with one attached hydrogen (secondary N) is 1. The Morgan fingerprint density at radius 1 is 0.944 bits per heavy atom. The molecule has 1 unspecified atom stereocenters. The average molecular weight is 507 g/mol. The zero-order chi connectivity index (χ0) is 26.3. The van der Waals surface area contributed by atoms with Crippen LogP contribution in [-0.4, -0.2) is 34.9 Å². The van der Waals surface area contributed by atoms with Gasteiger partial charge in [0.2, 0.25) is 5.91 Å². The first-order valence-corrected chi connectivity index (χ1v) is 12.5. The van der Waals surface area contributed by atoms with Gasteiger partial charge < -0.3 is 15.0 Å². The van der Waals surface area contributed by atoms with Gasteiger partial charge in [-0.15, -0.1) is 0 Å². The Hall–Kier alpha value is -3.31. The predicted molar refractivity (Wildman–Crippen MR) is 145 cm³/mol. The highest BCUT2D eigenvalue weighted by Crippen LogP contribution is 2.23. The molecule has 6 heteroatoms. The molecule has 0 heterocycles. The lowest BCUT2D eigenvalue weighted by Gasteiger charge is -2.34. The fourth-order valence-electron chi connectivity index (χ4n) is 3.92. The van der Waals surface area contributed by atoms with E-state index in [1.807, 2.05) is 101 Å². The molecule has 1 N–H and O–H groups in total. The van der Waals surface area contributed by atoms with Gasteiger partial charge in [-0.05, 0) is 69.0 Å². The molecule has 190 valence electrons. The summed E-state index contributed by atoms with van der Waals surface area (Å²) in [5, 5.41) is 3.60. The molecule has 3 aromatic carbocycles. The molecule has 0 radical (unpaired) electrons. The van der Waals surface area contributed by atoms with E-state index in [-0.39, 0.29) is 25.0 Å². The van der Waals surface area contributed by atoms with E-state index in [0.717, 1.165) is 22.3 Å². The van der Waals surface area contributed by atoms with Crippen molar-refractivity contribution in [3.8, 4) is 5.75 Å². The maximum Gasteiger partial charge on any atom is 0.261 e. The first-order chi connectivity index (χ1) is 17.0. The van der Waals surface area contributed by atoms with E-state index in [0.29, 0.717) is 17.2 Å². The van der Waals surface area contributed by atoms with Gasteiger partial charge in [-0.3, -0.25) is 9.59 Å². The van der Waals surface area contributed by atoms with Crippen LogP contribution in [0.5, 0.6) is 5.75 Å². The van der Waals surface area contributed by atoms with Gasteiger partial charge in [0.05, 0.1) is 0 Å². The van der Waals surface area contributed by atoms with E-state index in [2.05, 4.69) is 5.32 Å². The Labute approximate surface area is 219 Å². The molecule has 0 spiro atoms. The van der Waals surface area contributed by atoms with Crippen molar-refractivity contribution in [2.24, 2.45) is 0 Å². The molecule has 36 heavy (non-hydrogen) atoms. The zero-order valence-corrected chi connectivity index (χ0v) is 22.4. The second kappa shape index (κ2) is 12.1. The second-order valence-electron chi connectivity index (χ2n) is 10.0. The zero-order valence-electron chi connectivity index (χ0n) is 21.7. The van der Waals surface area contributed by atoms with Gasteiger partial charge in [-0.2, -0.15) is 0 Å². The summed E-state index contributed by atoms with van der Waals surface area (Å²) in [5.41, 5.74) is 3.33. The van der Waals surface area contributed by atoms with E-state index in [4.69, 9.17) is 16.3 Å². The number of aryl methyl sites for hydroxylation is 1. The highest BCUT2D eigenvalue weighted by atomic mass is 35.5. The fourth-order valence-corrected chi connectivity index (χ4v) is 4.12. The van der Waals surface area contributed by atoms with E-state index >= 15 is 0 Å². The Morgan fingerprint density at radius 3 is 2.28 bits per heavy atom. The summed E-state index contributed by atoms with van der Waals surface area (Å²) in [6.07, 6.45) is 0.364. The van der Waals surface area contributed by atoms with E-state index in [9.17, 15) is 9.59 Å². The number of rotatable bonds is 9. The molecule has 0 aromatic heterocycles. The fraction of sp³-hybridized carbons (Fsp3) is 0.333. The monoisotopic (exact) mass is 506 g/mol. The molecule has 0 saturated carbocycles. The predicted octanol–water partition coefficient (Wildman–Crippen LogP) is 5.89. The van der Waals surface area contributed by atoms with Crippen LogP contribution in [-0.2, 0) is 22.6 Å². The molecular formula is C30H35ClN2O3. The number of hydrogen-bond acceptors (Lipinski definition) is 3. The second-order valence-corrected chi connectivity index (χ2v) is 10.5. The minimum atomic E-state index is -0.752. The standard InChI is InChI=1S/C30H35ClN2O3/c1-21-12-11-17-27(22(21)2)36-20-28(34)33(19-24-15-9-10-16-25(24)31)26(29(35)32-30(3,4)5)18-23-13-7-6-8-14-23/h6-17,26H,18-20H2,1-5H3,(H,32,35). The van der Waals surface area contributed by atoms with Crippen molar-refractivity contribution in [2.45, 2.75) is 59.2 Å². The number of halogens is 1. The molecule has 0 aliphatic rings. The number of carbonyl (C=O) groups excluding carboxylic acids is 2. The van der Waals surface area contributed by atoms with Crippen molar-refractivity contribution >= 4 is 23.4 Å². The Morgan fingerprint density at radius 2 is 1.61 bits per heavy atom. The van der Waals surface area contributed by atoms with Gasteiger partial charge in [-0.1, -0.05) is 72.3 Å². The van der Waals surface area contributed by atoms with Crippen molar-refractivity contribution < 1.29 is 14.3 Å². The number of amides is 2. The molecule has 3 aromatic rings. The maximum atomic E-state index is 13.7. The summed E-state index contributed by atoms with van der Waals surface area (Å²) in [5.74, 6) is 0.138. The van der Waals surface area contributed by atoms with Crippen LogP contribution >= 0.6 is 11.6 Å². The summed E-state index contributed by atoms with van der Waals surface area (Å²) in [4.78, 5) is 28.9. The summed E-state index contributed by atoms with van der Waals surface area (Å²) in [6.45, 7) is 9.73. The summed E-state index contributed by atoms with van der Waals surface area (Å²) in [7, 11) is 0. The van der Waals surface area contributed by atoms with Gasteiger partial charge in [0.15, 0.2) is 6.61 Å². The number of ether oxygens (including phenoxy) is 1. The Kier molecular flexibility index (Phi) is 9.16. The van der Waals surface area contributed by atoms with Crippen LogP contribution in [0.2, 0.25) is 5.02 Å². The van der Waals surface area contributed by atoms with Crippen molar-refractivity contribution in [3.05, 3.63) is 100 Å². The van der Waals surface area contributed by atoms with Crippen LogP contribution in [0, 0.1) is 13.8 Å². The molecule has 0 saturated heterocycles. The van der Waals surface area contributed by atoms with Crippen molar-refractivity contribution in [3.63, 3.8) is 0 Å². The van der Waals surface area contributed by atoms with Crippen LogP contribution in [0.25, 0.3) is 0 Å². The lowest BCUT2D eigenvalue weighted by atomic mass is 10.0. The van der Waals surface area contributed by atoms with Crippen molar-refractivity contribution in [2.75, 3.05) is 6.61 Å². The quantitative estimate of drug-likeness (QED) is 0.393. The smallest absolute Gasteiger partial charge is 0.261 e. The lowest BCUT2D eigenvalue weighted by molar-refractivity contribution is -0.143. The van der Waals surface area contributed by atoms with E-state index < -0.39 is 11.6 Å². The van der Waals surface area contributed by atoms with Crippen molar-refractivity contribution in [1.29, 1.82) is 0 Å². The molecule has 3 rings (SSSR count). The van der Waals surface area contributed by atoms with Crippen molar-refractivity contribution in [1.82, 2.24) is 10.2 Å². The van der Waals surface area contributed by atoms with Gasteiger partial charge in [0.1, 0.15) is 11.8 Å². The molecule has 0 fully saturated rings. The molecule has 5 nitrogen and oxygen atoms in total. The largest absolute Gasteiger partial charge is 0.483 e. The molecule has 1 atom stereocenters. The summed E-state index contributed by atoms with van der Waals surface area (Å²) >= 11 is 6.47. The van der Waals surface area contributed by atoms with Gasteiger partial charge in [-0.25, -0.2) is 0 Å². The first kappa shape index (κ1) is 27.3. The van der Waals surface area contributed by atoms with Crippen LogP contribution in [0.15, 0.2) is 72.8 Å². The highest BCUT2D eigenvalue weighted by Gasteiger charge is 2.32. The van der Waals surface area contributed by atoms with Crippen LogP contribution < -0.4 is 10.1 Å². The molecule has 0 aliphatic heterocycles. The molecule has 0 bridgehead atoms. The third-order valence-corrected chi connectivity index (χ3v) is 6.34. The number of nitrogens with zero attached hydrogens (tertiary/aromatic N) is 1. The van der Waals surface area contributed by atoms with Crippen LogP contribution in [0.1, 0.15) is 43.0 Å². The average Bonchev–Trinajstić information content (AvgIpc) is 2.82. The third-order valence-electron chi connectivity index (χ3n) is 5.97. The van der Waals surface area contributed by atoms with E-state index in [1.165, 1.54) is 0 Å². The minimum absolute atomic E-state index is 0.184. The Balaban J connectivity index is 1.96. The lowest BCUT2D eigenvalue weighted by Crippen LogP contribution is -2.55. The SMILES string of the molecule is Cc1cccc(OCC(=O)N(Cc2ccccc2Cl)C(Cc2ccccc2)C(=O)NC(C)(C)C)c1C.